The van der Waals surface area contributed by atoms with Crippen LogP contribution in [0.5, 0.6) is 0 Å². The van der Waals surface area contributed by atoms with E-state index in [2.05, 4.69) is 38.1 Å². The Morgan fingerprint density at radius 2 is 1.94 bits per heavy atom. The summed E-state index contributed by atoms with van der Waals surface area (Å²) >= 11 is 0. The predicted octanol–water partition coefficient (Wildman–Crippen LogP) is 3.30. The zero-order valence-electron chi connectivity index (χ0n) is 10.4. The zero-order valence-corrected chi connectivity index (χ0v) is 10.4. The molecule has 0 saturated heterocycles. The lowest BCUT2D eigenvalue weighted by molar-refractivity contribution is 0.122. The van der Waals surface area contributed by atoms with E-state index in [1.165, 1.54) is 11.1 Å². The first-order valence-corrected chi connectivity index (χ1v) is 6.47. The summed E-state index contributed by atoms with van der Waals surface area (Å²) in [7, 11) is 0. The fraction of sp³-hybridized carbons (Fsp3) is 0.600. The zero-order chi connectivity index (χ0) is 11.6. The maximum atomic E-state index is 9.61. The van der Waals surface area contributed by atoms with Gasteiger partial charge in [0.05, 0.1) is 0 Å². The lowest BCUT2D eigenvalue weighted by atomic mass is 9.61. The van der Waals surface area contributed by atoms with E-state index in [0.717, 1.165) is 25.7 Å². The molecule has 0 aliphatic heterocycles. The molecule has 1 aromatic rings. The monoisotopic (exact) mass is 218 g/mol. The first-order chi connectivity index (χ1) is 7.78. The standard InChI is InChI=1S/C15H22O/c1-3-15(4-2)13(11-16)10-9-12-7-5-6-8-14(12)15/h5-8,13,16H,3-4,9-11H2,1-2H3. The van der Waals surface area contributed by atoms with Crippen molar-refractivity contribution in [2.75, 3.05) is 6.61 Å². The first kappa shape index (κ1) is 11.7. The van der Waals surface area contributed by atoms with Crippen LogP contribution < -0.4 is 0 Å². The van der Waals surface area contributed by atoms with Gasteiger partial charge in [0.1, 0.15) is 0 Å². The smallest absolute Gasteiger partial charge is 0.0467 e. The molecule has 1 N–H and O–H groups in total. The quantitative estimate of drug-likeness (QED) is 0.825. The van der Waals surface area contributed by atoms with Gasteiger partial charge in [-0.15, -0.1) is 0 Å². The van der Waals surface area contributed by atoms with Crippen LogP contribution in [0.4, 0.5) is 0 Å². The van der Waals surface area contributed by atoms with E-state index >= 15 is 0 Å². The molecular weight excluding hydrogens is 196 g/mol. The Morgan fingerprint density at radius 1 is 1.25 bits per heavy atom. The maximum Gasteiger partial charge on any atom is 0.0467 e. The number of hydrogen-bond donors (Lipinski definition) is 1. The number of fused-ring (bicyclic) bond motifs is 1. The number of aliphatic hydroxyl groups is 1. The van der Waals surface area contributed by atoms with Crippen LogP contribution in [0.2, 0.25) is 0 Å². The molecule has 0 saturated carbocycles. The minimum atomic E-state index is 0.212. The number of rotatable bonds is 3. The van der Waals surface area contributed by atoms with Crippen LogP contribution in [0.25, 0.3) is 0 Å². The summed E-state index contributed by atoms with van der Waals surface area (Å²) in [6.45, 7) is 4.85. The molecule has 0 bridgehead atoms. The average Bonchev–Trinajstić information content (AvgIpc) is 2.37. The molecule has 0 amide bonds. The SMILES string of the molecule is CCC1(CC)c2ccccc2CCC1CO. The van der Waals surface area contributed by atoms with Crippen molar-refractivity contribution in [3.63, 3.8) is 0 Å². The fourth-order valence-corrected chi connectivity index (χ4v) is 3.52. The third kappa shape index (κ3) is 1.58. The summed E-state index contributed by atoms with van der Waals surface area (Å²) < 4.78 is 0. The van der Waals surface area contributed by atoms with Crippen LogP contribution in [0, 0.1) is 5.92 Å². The highest BCUT2D eigenvalue weighted by atomic mass is 16.3. The van der Waals surface area contributed by atoms with Crippen molar-refractivity contribution in [1.29, 1.82) is 0 Å². The normalized spacial score (nSPS) is 22.8. The Labute approximate surface area is 98.5 Å². The summed E-state index contributed by atoms with van der Waals surface area (Å²) in [4.78, 5) is 0. The van der Waals surface area contributed by atoms with Crippen molar-refractivity contribution in [1.82, 2.24) is 0 Å². The average molecular weight is 218 g/mol. The largest absolute Gasteiger partial charge is 0.396 e. The molecule has 0 radical (unpaired) electrons. The summed E-state index contributed by atoms with van der Waals surface area (Å²) in [6, 6.07) is 8.79. The van der Waals surface area contributed by atoms with Crippen molar-refractivity contribution in [2.24, 2.45) is 5.92 Å². The van der Waals surface area contributed by atoms with Gasteiger partial charge in [-0.05, 0) is 42.7 Å². The molecule has 2 rings (SSSR count). The second kappa shape index (κ2) is 4.58. The molecule has 1 aromatic carbocycles. The van der Waals surface area contributed by atoms with Crippen LogP contribution in [0.1, 0.15) is 44.2 Å². The summed E-state index contributed by atoms with van der Waals surface area (Å²) in [5, 5.41) is 9.61. The molecule has 16 heavy (non-hydrogen) atoms. The van der Waals surface area contributed by atoms with Gasteiger partial charge >= 0.3 is 0 Å². The van der Waals surface area contributed by atoms with E-state index in [-0.39, 0.29) is 5.41 Å². The topological polar surface area (TPSA) is 20.2 Å². The van der Waals surface area contributed by atoms with Gasteiger partial charge in [0, 0.05) is 12.0 Å². The Kier molecular flexibility index (Phi) is 3.34. The highest BCUT2D eigenvalue weighted by Gasteiger charge is 2.40. The molecule has 0 aromatic heterocycles. The van der Waals surface area contributed by atoms with Gasteiger partial charge in [-0.1, -0.05) is 38.1 Å². The fourth-order valence-electron chi connectivity index (χ4n) is 3.52. The van der Waals surface area contributed by atoms with Crippen molar-refractivity contribution in [3.8, 4) is 0 Å². The minimum absolute atomic E-state index is 0.212. The number of benzene rings is 1. The van der Waals surface area contributed by atoms with Crippen molar-refractivity contribution < 1.29 is 5.11 Å². The maximum absolute atomic E-state index is 9.61. The van der Waals surface area contributed by atoms with Gasteiger partial charge in [0.2, 0.25) is 0 Å². The highest BCUT2D eigenvalue weighted by Crippen LogP contribution is 2.46. The van der Waals surface area contributed by atoms with Crippen LogP contribution in [-0.4, -0.2) is 11.7 Å². The van der Waals surface area contributed by atoms with Crippen LogP contribution >= 0.6 is 0 Å². The van der Waals surface area contributed by atoms with Crippen LogP contribution in [-0.2, 0) is 11.8 Å². The molecule has 1 unspecified atom stereocenters. The van der Waals surface area contributed by atoms with Crippen molar-refractivity contribution in [3.05, 3.63) is 35.4 Å². The third-order valence-electron chi connectivity index (χ3n) is 4.58. The van der Waals surface area contributed by atoms with Gasteiger partial charge in [-0.2, -0.15) is 0 Å². The van der Waals surface area contributed by atoms with Gasteiger partial charge in [-0.3, -0.25) is 0 Å². The van der Waals surface area contributed by atoms with Gasteiger partial charge < -0.3 is 5.11 Å². The summed E-state index contributed by atoms with van der Waals surface area (Å²) in [5.74, 6) is 0.442. The molecule has 1 nitrogen and oxygen atoms in total. The molecule has 0 heterocycles. The number of hydrogen-bond acceptors (Lipinski definition) is 1. The lowest BCUT2D eigenvalue weighted by Crippen LogP contribution is -2.40. The molecule has 1 aliphatic carbocycles. The first-order valence-electron chi connectivity index (χ1n) is 6.47. The minimum Gasteiger partial charge on any atom is -0.396 e. The number of aliphatic hydroxyl groups excluding tert-OH is 1. The second-order valence-corrected chi connectivity index (χ2v) is 4.94. The Hall–Kier alpha value is -0.820. The van der Waals surface area contributed by atoms with Crippen molar-refractivity contribution in [2.45, 2.75) is 44.9 Å². The van der Waals surface area contributed by atoms with E-state index in [4.69, 9.17) is 0 Å². The third-order valence-corrected chi connectivity index (χ3v) is 4.58. The summed E-state index contributed by atoms with van der Waals surface area (Å²) in [5.41, 5.74) is 3.20. The summed E-state index contributed by atoms with van der Waals surface area (Å²) in [6.07, 6.45) is 4.52. The van der Waals surface area contributed by atoms with Crippen LogP contribution in [0.15, 0.2) is 24.3 Å². The molecular formula is C15H22O. The van der Waals surface area contributed by atoms with E-state index in [1.807, 2.05) is 0 Å². The molecule has 1 aliphatic rings. The van der Waals surface area contributed by atoms with Gasteiger partial charge in [0.15, 0.2) is 0 Å². The van der Waals surface area contributed by atoms with E-state index in [0.29, 0.717) is 12.5 Å². The predicted molar refractivity (Wildman–Crippen MR) is 67.6 cm³/mol. The van der Waals surface area contributed by atoms with Crippen molar-refractivity contribution >= 4 is 0 Å². The van der Waals surface area contributed by atoms with E-state index in [1.54, 1.807) is 0 Å². The molecule has 1 atom stereocenters. The Bertz CT molecular complexity index is 352. The Balaban J connectivity index is 2.52. The van der Waals surface area contributed by atoms with E-state index in [9.17, 15) is 5.11 Å². The molecule has 88 valence electrons. The van der Waals surface area contributed by atoms with Crippen LogP contribution in [0.3, 0.4) is 0 Å². The Morgan fingerprint density at radius 3 is 2.56 bits per heavy atom. The van der Waals surface area contributed by atoms with E-state index < -0.39 is 0 Å². The lowest BCUT2D eigenvalue weighted by Gasteiger charge is -2.44. The number of aryl methyl sites for hydroxylation is 1. The molecule has 0 fully saturated rings. The van der Waals surface area contributed by atoms with Gasteiger partial charge in [-0.25, -0.2) is 0 Å². The highest BCUT2D eigenvalue weighted by molar-refractivity contribution is 5.37. The molecule has 1 heteroatoms. The molecule has 0 spiro atoms. The van der Waals surface area contributed by atoms with Gasteiger partial charge in [0.25, 0.3) is 0 Å². The second-order valence-electron chi connectivity index (χ2n) is 4.94.